The number of rotatable bonds is 2. The minimum atomic E-state index is -0.552. The maximum Gasteiger partial charge on any atom is 0.231 e. The number of nitrogens with zero attached hydrogens (tertiary/aromatic N) is 1. The normalized spacial score (nSPS) is 43.7. The molecule has 1 aliphatic heterocycles. The van der Waals surface area contributed by atoms with Crippen molar-refractivity contribution in [2.75, 3.05) is 6.54 Å². The van der Waals surface area contributed by atoms with Gasteiger partial charge in [-0.2, -0.15) is 0 Å². The molecule has 0 aromatic heterocycles. The van der Waals surface area contributed by atoms with Crippen molar-refractivity contribution in [1.29, 1.82) is 0 Å². The number of amides is 1. The average molecular weight is 370 g/mol. The maximum absolute atomic E-state index is 13.6. The van der Waals surface area contributed by atoms with Gasteiger partial charge in [-0.3, -0.25) is 9.59 Å². The largest absolute Gasteiger partial charge is 0.339 e. The summed E-state index contributed by atoms with van der Waals surface area (Å²) < 4.78 is 0. The van der Waals surface area contributed by atoms with E-state index in [1.54, 1.807) is 0 Å². The zero-order chi connectivity index (χ0) is 16.3. The van der Waals surface area contributed by atoms with Crippen molar-refractivity contribution in [3.63, 3.8) is 0 Å². The van der Waals surface area contributed by atoms with Gasteiger partial charge in [0.2, 0.25) is 5.91 Å². The molecule has 4 unspecified atom stereocenters. The standard InChI is InChI=1S/C18H28BrNO2/c1-5-12-8-6-7-11-20(12)15(22)18-10-9-17(4,16(18,2)3)14(21)13(18)19/h12-13H,5-11H2,1-4H3. The van der Waals surface area contributed by atoms with Crippen molar-refractivity contribution in [2.45, 2.75) is 77.1 Å². The average Bonchev–Trinajstić information content (AvgIpc) is 2.78. The number of halogens is 1. The van der Waals surface area contributed by atoms with Crippen LogP contribution in [0.5, 0.6) is 0 Å². The quantitative estimate of drug-likeness (QED) is 0.691. The molecule has 0 N–H and O–H groups in total. The van der Waals surface area contributed by atoms with Crippen LogP contribution >= 0.6 is 15.9 Å². The Kier molecular flexibility index (Phi) is 3.79. The molecule has 2 aliphatic carbocycles. The van der Waals surface area contributed by atoms with E-state index in [1.807, 2.05) is 0 Å². The van der Waals surface area contributed by atoms with Crippen molar-refractivity contribution in [3.8, 4) is 0 Å². The van der Waals surface area contributed by atoms with E-state index in [2.05, 4.69) is 48.5 Å². The van der Waals surface area contributed by atoms with Gasteiger partial charge in [0.1, 0.15) is 0 Å². The van der Waals surface area contributed by atoms with E-state index < -0.39 is 5.41 Å². The summed E-state index contributed by atoms with van der Waals surface area (Å²) in [6, 6.07) is 0.355. The number of hydrogen-bond donors (Lipinski definition) is 0. The van der Waals surface area contributed by atoms with E-state index >= 15 is 0 Å². The first kappa shape index (κ1) is 16.5. The highest BCUT2D eigenvalue weighted by Gasteiger charge is 2.77. The topological polar surface area (TPSA) is 37.4 Å². The van der Waals surface area contributed by atoms with Crippen LogP contribution in [0.15, 0.2) is 0 Å². The second kappa shape index (κ2) is 5.06. The second-order valence-corrected chi connectivity index (χ2v) is 9.13. The summed E-state index contributed by atoms with van der Waals surface area (Å²) in [7, 11) is 0. The Morgan fingerprint density at radius 2 is 1.95 bits per heavy atom. The Hall–Kier alpha value is -0.380. The molecule has 3 rings (SSSR count). The fraction of sp³-hybridized carbons (Fsp3) is 0.889. The number of carbonyl (C=O) groups excluding carboxylic acids is 2. The molecule has 0 spiro atoms. The molecular weight excluding hydrogens is 342 g/mol. The number of Topliss-reactive ketones (excluding diaryl/α,β-unsaturated/α-hetero) is 1. The lowest BCUT2D eigenvalue weighted by Crippen LogP contribution is -2.56. The number of piperidine rings is 1. The highest BCUT2D eigenvalue weighted by molar-refractivity contribution is 9.10. The molecule has 4 atom stereocenters. The summed E-state index contributed by atoms with van der Waals surface area (Å²) in [6.07, 6.45) is 6.11. The summed E-state index contributed by atoms with van der Waals surface area (Å²) in [5, 5.41) is 0. The van der Waals surface area contributed by atoms with Gasteiger partial charge in [-0.25, -0.2) is 0 Å². The Labute approximate surface area is 142 Å². The Bertz CT molecular complexity index is 517. The van der Waals surface area contributed by atoms with Crippen LogP contribution in [0.2, 0.25) is 0 Å². The molecule has 2 saturated carbocycles. The first-order chi connectivity index (χ1) is 10.2. The van der Waals surface area contributed by atoms with Crippen LogP contribution in [-0.4, -0.2) is 34.0 Å². The van der Waals surface area contributed by atoms with Gasteiger partial charge in [0, 0.05) is 18.0 Å². The second-order valence-electron chi connectivity index (χ2n) is 8.21. The van der Waals surface area contributed by atoms with Crippen molar-refractivity contribution in [2.24, 2.45) is 16.2 Å². The lowest BCUT2D eigenvalue weighted by Gasteiger charge is -2.46. The van der Waals surface area contributed by atoms with Gasteiger partial charge in [0.05, 0.1) is 10.2 Å². The first-order valence-electron chi connectivity index (χ1n) is 8.73. The molecule has 1 saturated heterocycles. The van der Waals surface area contributed by atoms with Crippen molar-refractivity contribution in [3.05, 3.63) is 0 Å². The molecule has 22 heavy (non-hydrogen) atoms. The van der Waals surface area contributed by atoms with Crippen LogP contribution in [0, 0.1) is 16.2 Å². The van der Waals surface area contributed by atoms with Crippen LogP contribution in [0.1, 0.15) is 66.2 Å². The monoisotopic (exact) mass is 369 g/mol. The summed E-state index contributed by atoms with van der Waals surface area (Å²) in [6.45, 7) is 9.38. The van der Waals surface area contributed by atoms with E-state index in [4.69, 9.17) is 0 Å². The summed E-state index contributed by atoms with van der Waals surface area (Å²) in [5.74, 6) is 0.475. The highest BCUT2D eigenvalue weighted by atomic mass is 79.9. The van der Waals surface area contributed by atoms with Crippen LogP contribution in [0.25, 0.3) is 0 Å². The van der Waals surface area contributed by atoms with Gasteiger partial charge >= 0.3 is 0 Å². The maximum atomic E-state index is 13.6. The number of hydrogen-bond acceptors (Lipinski definition) is 2. The van der Waals surface area contributed by atoms with Crippen LogP contribution in [0.3, 0.4) is 0 Å². The lowest BCUT2D eigenvalue weighted by molar-refractivity contribution is -0.151. The van der Waals surface area contributed by atoms with Gasteiger partial charge < -0.3 is 4.90 Å². The number of likely N-dealkylation sites (tertiary alicyclic amines) is 1. The summed E-state index contributed by atoms with van der Waals surface area (Å²) in [5.41, 5.74) is -1.20. The third-order valence-electron chi connectivity index (χ3n) is 7.46. The molecule has 3 fully saturated rings. The van der Waals surface area contributed by atoms with Gasteiger partial charge in [-0.1, -0.05) is 43.6 Å². The van der Waals surface area contributed by atoms with Crippen molar-refractivity contribution >= 4 is 27.6 Å². The number of fused-ring (bicyclic) bond motifs is 2. The fourth-order valence-corrected chi connectivity index (χ4v) is 6.88. The predicted molar refractivity (Wildman–Crippen MR) is 90.9 cm³/mol. The van der Waals surface area contributed by atoms with Gasteiger partial charge in [-0.15, -0.1) is 0 Å². The van der Waals surface area contributed by atoms with E-state index in [-0.39, 0.29) is 27.3 Å². The van der Waals surface area contributed by atoms with Gasteiger partial charge in [0.25, 0.3) is 0 Å². The van der Waals surface area contributed by atoms with Crippen molar-refractivity contribution < 1.29 is 9.59 Å². The van der Waals surface area contributed by atoms with Gasteiger partial charge in [0.15, 0.2) is 5.78 Å². The molecule has 3 nitrogen and oxygen atoms in total. The Balaban J connectivity index is 2.02. The SMILES string of the molecule is CCC1CCCCN1C(=O)C12CCC(C)(C(=O)C1Br)C2(C)C. The van der Waals surface area contributed by atoms with E-state index in [9.17, 15) is 9.59 Å². The van der Waals surface area contributed by atoms with E-state index in [0.717, 1.165) is 38.6 Å². The van der Waals surface area contributed by atoms with E-state index in [1.165, 1.54) is 6.42 Å². The number of carbonyl (C=O) groups is 2. The minimum absolute atomic E-state index is 0.237. The van der Waals surface area contributed by atoms with Crippen LogP contribution in [-0.2, 0) is 9.59 Å². The Morgan fingerprint density at radius 3 is 2.50 bits per heavy atom. The smallest absolute Gasteiger partial charge is 0.231 e. The molecule has 1 amide bonds. The molecule has 2 bridgehead atoms. The highest BCUT2D eigenvalue weighted by Crippen LogP contribution is 2.72. The van der Waals surface area contributed by atoms with Crippen LogP contribution < -0.4 is 0 Å². The minimum Gasteiger partial charge on any atom is -0.339 e. The molecule has 0 aromatic rings. The summed E-state index contributed by atoms with van der Waals surface area (Å²) in [4.78, 5) is 28.2. The zero-order valence-electron chi connectivity index (χ0n) is 14.2. The number of alkyl halides is 1. The zero-order valence-corrected chi connectivity index (χ0v) is 15.8. The molecule has 124 valence electrons. The molecule has 1 heterocycles. The lowest BCUT2D eigenvalue weighted by atomic mass is 9.64. The van der Waals surface area contributed by atoms with Gasteiger partial charge in [-0.05, 0) is 43.9 Å². The van der Waals surface area contributed by atoms with Crippen LogP contribution in [0.4, 0.5) is 0 Å². The summed E-state index contributed by atoms with van der Waals surface area (Å²) >= 11 is 3.64. The molecule has 3 aliphatic rings. The first-order valence-corrected chi connectivity index (χ1v) is 9.65. The predicted octanol–water partition coefficient (Wildman–Crippen LogP) is 3.94. The van der Waals surface area contributed by atoms with E-state index in [0.29, 0.717) is 6.04 Å². The third kappa shape index (κ3) is 1.68. The molecule has 0 aromatic carbocycles. The third-order valence-corrected chi connectivity index (χ3v) is 8.66. The fourth-order valence-electron chi connectivity index (χ4n) is 5.37. The molecular formula is C18H28BrNO2. The number of ketones is 1. The molecule has 0 radical (unpaired) electrons. The molecule has 4 heteroatoms. The Morgan fingerprint density at radius 1 is 1.27 bits per heavy atom. The van der Waals surface area contributed by atoms with Crippen molar-refractivity contribution in [1.82, 2.24) is 4.90 Å².